The molecule has 1 atom stereocenters. The van der Waals surface area contributed by atoms with Gasteiger partial charge >= 0.3 is 0 Å². The number of nitrogens with zero attached hydrogens (tertiary/aromatic N) is 4. The summed E-state index contributed by atoms with van der Waals surface area (Å²) in [5.74, 6) is 0.709. The van der Waals surface area contributed by atoms with E-state index in [1.54, 1.807) is 0 Å². The number of H-pyrrole nitrogens is 1. The Morgan fingerprint density at radius 2 is 1.88 bits per heavy atom. The zero-order valence-electron chi connectivity index (χ0n) is 18.1. The molecule has 5 rings (SSSR count). The highest BCUT2D eigenvalue weighted by molar-refractivity contribution is 5.94. The van der Waals surface area contributed by atoms with Crippen LogP contribution in [0.1, 0.15) is 31.7 Å². The lowest BCUT2D eigenvalue weighted by molar-refractivity contribution is -0.115. The van der Waals surface area contributed by atoms with Gasteiger partial charge in [-0.05, 0) is 47.6 Å². The molecule has 1 amide bonds. The molecule has 1 aromatic heterocycles. The molecule has 8 heteroatoms. The number of benzene rings is 2. The van der Waals surface area contributed by atoms with Crippen LogP contribution in [0.15, 0.2) is 59.8 Å². The molecule has 3 aromatic rings. The van der Waals surface area contributed by atoms with Gasteiger partial charge in [-0.2, -0.15) is 5.21 Å². The minimum Gasteiger partial charge on any atom is -0.366 e. The molecule has 2 aliphatic rings. The van der Waals surface area contributed by atoms with Crippen LogP contribution < -0.4 is 11.2 Å². The Kier molecular flexibility index (Phi) is 5.45. The van der Waals surface area contributed by atoms with Gasteiger partial charge in [-0.15, -0.1) is 10.2 Å². The fourth-order valence-corrected chi connectivity index (χ4v) is 4.52. The second kappa shape index (κ2) is 8.55. The fourth-order valence-electron chi connectivity index (χ4n) is 4.52. The molecule has 4 N–H and O–H groups in total. The van der Waals surface area contributed by atoms with Gasteiger partial charge in [0.15, 0.2) is 0 Å². The summed E-state index contributed by atoms with van der Waals surface area (Å²) in [6, 6.07) is 16.4. The SMILES string of the molecule is CCCN1NC(C2CC2)=C(C(N)=O)C1Cc1ccc(-c2ccccc2-c2nn[nH]n2)cc1. The second-order valence-electron chi connectivity index (χ2n) is 8.47. The first kappa shape index (κ1) is 20.4. The van der Waals surface area contributed by atoms with Gasteiger partial charge in [-0.25, -0.2) is 5.01 Å². The summed E-state index contributed by atoms with van der Waals surface area (Å²) in [5.41, 5.74) is 15.4. The minimum absolute atomic E-state index is 0.0412. The van der Waals surface area contributed by atoms with Crippen molar-refractivity contribution < 1.29 is 4.79 Å². The smallest absolute Gasteiger partial charge is 0.248 e. The van der Waals surface area contributed by atoms with Crippen LogP contribution in [0.2, 0.25) is 0 Å². The molecule has 1 aliphatic carbocycles. The maximum atomic E-state index is 12.4. The number of carbonyl (C=O) groups is 1. The molecular formula is C24H27N7O. The number of nitrogens with two attached hydrogens (primary N) is 1. The number of hydrazine groups is 1. The zero-order chi connectivity index (χ0) is 22.1. The third kappa shape index (κ3) is 3.89. The van der Waals surface area contributed by atoms with Gasteiger partial charge in [0.05, 0.1) is 11.6 Å². The molecule has 2 heterocycles. The Labute approximate surface area is 186 Å². The summed E-state index contributed by atoms with van der Waals surface area (Å²) in [6.45, 7) is 3.02. The third-order valence-electron chi connectivity index (χ3n) is 6.19. The number of aromatic nitrogens is 4. The lowest BCUT2D eigenvalue weighted by Crippen LogP contribution is -2.42. The Balaban J connectivity index is 1.42. The van der Waals surface area contributed by atoms with Crippen LogP contribution in [0, 0.1) is 5.92 Å². The fraction of sp³-hybridized carbons (Fsp3) is 0.333. The van der Waals surface area contributed by atoms with E-state index in [0.29, 0.717) is 11.7 Å². The molecule has 1 unspecified atom stereocenters. The van der Waals surface area contributed by atoms with Crippen LogP contribution in [-0.4, -0.2) is 44.1 Å². The number of amides is 1. The van der Waals surface area contributed by atoms with Crippen LogP contribution in [0.4, 0.5) is 0 Å². The number of allylic oxidation sites excluding steroid dienone is 1. The Hall–Kier alpha value is -3.52. The summed E-state index contributed by atoms with van der Waals surface area (Å²) in [4.78, 5) is 12.4. The number of tetrazole rings is 1. The lowest BCUT2D eigenvalue weighted by atomic mass is 9.94. The van der Waals surface area contributed by atoms with E-state index < -0.39 is 0 Å². The highest BCUT2D eigenvalue weighted by Crippen LogP contribution is 2.41. The Morgan fingerprint density at radius 3 is 2.50 bits per heavy atom. The van der Waals surface area contributed by atoms with Crippen molar-refractivity contribution in [3.8, 4) is 22.5 Å². The number of nitrogens with one attached hydrogen (secondary N) is 2. The van der Waals surface area contributed by atoms with Crippen molar-refractivity contribution in [1.29, 1.82) is 0 Å². The monoisotopic (exact) mass is 429 g/mol. The van der Waals surface area contributed by atoms with Crippen molar-refractivity contribution in [2.24, 2.45) is 11.7 Å². The molecule has 1 saturated carbocycles. The summed E-state index contributed by atoms with van der Waals surface area (Å²) in [6.07, 6.45) is 3.98. The standard InChI is InChI=1S/C24H27N7O/c1-2-13-31-20(21(23(25)32)22(28-31)17-11-12-17)14-15-7-9-16(10-8-15)18-5-3-4-6-19(18)24-26-29-30-27-24/h3-10,17,20,28H,2,11-14H2,1H3,(H2,25,32)(H,26,27,29,30). The quantitative estimate of drug-likeness (QED) is 0.508. The molecule has 8 nitrogen and oxygen atoms in total. The van der Waals surface area contributed by atoms with E-state index in [1.165, 1.54) is 0 Å². The highest BCUT2D eigenvalue weighted by atomic mass is 16.1. The number of carbonyl (C=O) groups excluding carboxylic acids is 1. The van der Waals surface area contributed by atoms with Crippen molar-refractivity contribution in [1.82, 2.24) is 31.1 Å². The summed E-state index contributed by atoms with van der Waals surface area (Å²) in [7, 11) is 0. The van der Waals surface area contributed by atoms with Gasteiger partial charge in [0.25, 0.3) is 0 Å². The second-order valence-corrected chi connectivity index (χ2v) is 8.47. The molecule has 0 radical (unpaired) electrons. The van der Waals surface area contributed by atoms with E-state index in [-0.39, 0.29) is 11.9 Å². The van der Waals surface area contributed by atoms with Gasteiger partial charge in [0, 0.05) is 23.7 Å². The molecule has 164 valence electrons. The molecule has 2 aromatic carbocycles. The van der Waals surface area contributed by atoms with Crippen molar-refractivity contribution in [2.45, 2.75) is 38.6 Å². The Morgan fingerprint density at radius 1 is 1.12 bits per heavy atom. The average Bonchev–Trinajstić information content (AvgIpc) is 3.38. The molecule has 0 saturated heterocycles. The first-order valence-corrected chi connectivity index (χ1v) is 11.1. The number of aromatic amines is 1. The van der Waals surface area contributed by atoms with Gasteiger partial charge in [0.2, 0.25) is 11.7 Å². The van der Waals surface area contributed by atoms with Crippen LogP contribution in [0.5, 0.6) is 0 Å². The molecular weight excluding hydrogens is 402 g/mol. The van der Waals surface area contributed by atoms with E-state index in [9.17, 15) is 4.79 Å². The third-order valence-corrected chi connectivity index (χ3v) is 6.19. The summed E-state index contributed by atoms with van der Waals surface area (Å²) >= 11 is 0. The maximum absolute atomic E-state index is 12.4. The Bertz CT molecular complexity index is 1130. The number of primary amides is 1. The maximum Gasteiger partial charge on any atom is 0.248 e. The van der Waals surface area contributed by atoms with Crippen LogP contribution in [0.3, 0.4) is 0 Å². The highest BCUT2D eigenvalue weighted by Gasteiger charge is 2.41. The first-order valence-electron chi connectivity index (χ1n) is 11.1. The van der Waals surface area contributed by atoms with Gasteiger partial charge in [-0.3, -0.25) is 4.79 Å². The number of hydrogen-bond donors (Lipinski definition) is 3. The summed E-state index contributed by atoms with van der Waals surface area (Å²) in [5, 5.41) is 16.6. The number of hydrogen-bond acceptors (Lipinski definition) is 6. The topological polar surface area (TPSA) is 113 Å². The summed E-state index contributed by atoms with van der Waals surface area (Å²) < 4.78 is 0. The van der Waals surface area contributed by atoms with E-state index in [2.05, 4.69) is 68.3 Å². The van der Waals surface area contributed by atoms with Crippen LogP contribution >= 0.6 is 0 Å². The van der Waals surface area contributed by atoms with E-state index in [4.69, 9.17) is 5.73 Å². The minimum atomic E-state index is -0.311. The normalized spacial score (nSPS) is 18.7. The van der Waals surface area contributed by atoms with E-state index in [0.717, 1.165) is 65.8 Å². The van der Waals surface area contributed by atoms with Crippen LogP contribution in [-0.2, 0) is 11.2 Å². The largest absolute Gasteiger partial charge is 0.366 e. The molecule has 32 heavy (non-hydrogen) atoms. The van der Waals surface area contributed by atoms with Crippen molar-refractivity contribution in [2.75, 3.05) is 6.54 Å². The van der Waals surface area contributed by atoms with Crippen molar-refractivity contribution >= 4 is 5.91 Å². The van der Waals surface area contributed by atoms with Gasteiger partial charge in [-0.1, -0.05) is 55.5 Å². The van der Waals surface area contributed by atoms with Crippen molar-refractivity contribution in [3.05, 3.63) is 65.4 Å². The predicted octanol–water partition coefficient (Wildman–Crippen LogP) is 2.82. The zero-order valence-corrected chi connectivity index (χ0v) is 18.1. The average molecular weight is 430 g/mol. The number of rotatable bonds is 8. The molecule has 0 bridgehead atoms. The lowest BCUT2D eigenvalue weighted by Gasteiger charge is -2.26. The molecule has 1 aliphatic heterocycles. The molecule has 0 spiro atoms. The first-order chi connectivity index (χ1) is 15.7. The molecule has 1 fully saturated rings. The van der Waals surface area contributed by atoms with Gasteiger partial charge in [0.1, 0.15) is 0 Å². The van der Waals surface area contributed by atoms with E-state index in [1.807, 2.05) is 18.2 Å². The van der Waals surface area contributed by atoms with Crippen molar-refractivity contribution in [3.63, 3.8) is 0 Å². The van der Waals surface area contributed by atoms with Crippen LogP contribution in [0.25, 0.3) is 22.5 Å². The van der Waals surface area contributed by atoms with Gasteiger partial charge < -0.3 is 11.2 Å². The van der Waals surface area contributed by atoms with E-state index >= 15 is 0 Å². The predicted molar refractivity (Wildman–Crippen MR) is 122 cm³/mol.